The minimum atomic E-state index is -0.710. The molecule has 0 bridgehead atoms. The molecule has 4 aromatic carbocycles. The van der Waals surface area contributed by atoms with Gasteiger partial charge >= 0.3 is 11.4 Å². The summed E-state index contributed by atoms with van der Waals surface area (Å²) < 4.78 is 0. The zero-order valence-corrected chi connectivity index (χ0v) is 19.7. The number of nitro benzene ring substituents is 2. The first-order chi connectivity index (χ1) is 17.5. The van der Waals surface area contributed by atoms with Crippen molar-refractivity contribution >= 4 is 11.4 Å². The number of hydrogen-bond acceptors (Lipinski definition) is 8. The molecule has 0 aromatic heterocycles. The van der Waals surface area contributed by atoms with Crippen LogP contribution in [0.3, 0.4) is 0 Å². The third-order valence-electron chi connectivity index (χ3n) is 5.67. The van der Waals surface area contributed by atoms with Gasteiger partial charge in [-0.05, 0) is 65.1 Å². The second kappa shape index (κ2) is 11.5. The van der Waals surface area contributed by atoms with Crippen molar-refractivity contribution in [2.75, 3.05) is 0 Å². The van der Waals surface area contributed by atoms with Crippen LogP contribution in [0.15, 0.2) is 84.9 Å². The van der Waals surface area contributed by atoms with Gasteiger partial charge in [0.2, 0.25) is 0 Å². The smallest absolute Gasteiger partial charge is 0.310 e. The molecule has 190 valence electrons. The summed E-state index contributed by atoms with van der Waals surface area (Å²) in [6, 6.07) is 22.2. The highest BCUT2D eigenvalue weighted by atomic mass is 16.6. The summed E-state index contributed by atoms with van der Waals surface area (Å²) in [5.74, 6) is -0.0783. The van der Waals surface area contributed by atoms with Gasteiger partial charge in [-0.25, -0.2) is 0 Å². The van der Waals surface area contributed by atoms with Crippen LogP contribution in [-0.2, 0) is 6.42 Å². The van der Waals surface area contributed by atoms with Crippen LogP contribution < -0.4 is 0 Å². The summed E-state index contributed by atoms with van der Waals surface area (Å²) in [6.45, 7) is 2.10. The first kappa shape index (κ1) is 26.5. The first-order valence-electron chi connectivity index (χ1n) is 11.1. The fourth-order valence-corrected chi connectivity index (χ4v) is 3.60. The number of nitrogens with zero attached hydrogens (tertiary/aromatic N) is 2. The Morgan fingerprint density at radius 1 is 0.622 bits per heavy atom. The summed E-state index contributed by atoms with van der Waals surface area (Å²) in [5, 5.41) is 58.6. The van der Waals surface area contributed by atoms with Crippen molar-refractivity contribution in [3.05, 3.63) is 127 Å². The summed E-state index contributed by atoms with van der Waals surface area (Å²) in [5.41, 5.74) is 2.45. The van der Waals surface area contributed by atoms with E-state index in [1.165, 1.54) is 36.4 Å². The Hall–Kier alpha value is -5.12. The summed E-state index contributed by atoms with van der Waals surface area (Å²) in [7, 11) is 0. The van der Waals surface area contributed by atoms with Gasteiger partial charge in [-0.2, -0.15) is 0 Å². The molecule has 0 atom stereocenters. The van der Waals surface area contributed by atoms with E-state index in [-0.39, 0.29) is 23.8 Å². The van der Waals surface area contributed by atoms with E-state index in [0.717, 1.165) is 11.1 Å². The summed E-state index contributed by atoms with van der Waals surface area (Å²) in [6.07, 6.45) is 0.197. The quantitative estimate of drug-likeness (QED) is 0.190. The van der Waals surface area contributed by atoms with E-state index in [1.807, 2.05) is 24.3 Å². The number of nitro groups is 2. The molecule has 37 heavy (non-hydrogen) atoms. The molecule has 0 amide bonds. The van der Waals surface area contributed by atoms with Crippen LogP contribution in [0.4, 0.5) is 11.4 Å². The van der Waals surface area contributed by atoms with E-state index in [0.29, 0.717) is 11.1 Å². The van der Waals surface area contributed by atoms with Crippen LogP contribution in [0.5, 0.6) is 23.0 Å². The predicted octanol–water partition coefficient (Wildman–Crippen LogP) is 5.75. The number of phenolic OH excluding ortho intramolecular Hbond substituents is 4. The Kier molecular flexibility index (Phi) is 8.26. The third kappa shape index (κ3) is 6.95. The van der Waals surface area contributed by atoms with E-state index in [1.54, 1.807) is 24.3 Å². The highest BCUT2D eigenvalue weighted by Crippen LogP contribution is 2.30. The van der Waals surface area contributed by atoms with Crippen molar-refractivity contribution < 1.29 is 30.3 Å². The van der Waals surface area contributed by atoms with Gasteiger partial charge in [-0.1, -0.05) is 43.3 Å². The predicted molar refractivity (Wildman–Crippen MR) is 136 cm³/mol. The molecule has 0 heterocycles. The average molecular weight is 504 g/mol. The first-order valence-corrected chi connectivity index (χ1v) is 11.1. The maximum absolute atomic E-state index is 10.7. The summed E-state index contributed by atoms with van der Waals surface area (Å²) >= 11 is 0. The maximum Gasteiger partial charge on any atom is 0.310 e. The molecule has 10 heteroatoms. The van der Waals surface area contributed by atoms with Gasteiger partial charge in [-0.3, -0.25) is 20.2 Å². The lowest BCUT2D eigenvalue weighted by Gasteiger charge is -2.12. The Bertz CT molecular complexity index is 1300. The van der Waals surface area contributed by atoms with Gasteiger partial charge < -0.3 is 20.4 Å². The van der Waals surface area contributed by atoms with Gasteiger partial charge in [0.05, 0.1) is 9.85 Å². The largest absolute Gasteiger partial charge is 0.508 e. The lowest BCUT2D eigenvalue weighted by Crippen LogP contribution is -1.95. The Morgan fingerprint density at radius 2 is 0.973 bits per heavy atom. The van der Waals surface area contributed by atoms with Crippen molar-refractivity contribution in [1.82, 2.24) is 0 Å². The molecular weight excluding hydrogens is 480 g/mol. The van der Waals surface area contributed by atoms with Gasteiger partial charge in [0.25, 0.3) is 0 Å². The molecule has 0 radical (unpaired) electrons. The topological polar surface area (TPSA) is 167 Å². The monoisotopic (exact) mass is 504 g/mol. The van der Waals surface area contributed by atoms with E-state index in [2.05, 4.69) is 6.92 Å². The fourth-order valence-electron chi connectivity index (χ4n) is 3.60. The standard InChI is InChI=1S/C14H14O2.C13H10N2O6/c1-10(11-2-6-13(15)7-3-11)12-4-8-14(16)9-5-12;16-12-3-1-8(6-10(12)14(18)19)5-9-2-4-13(17)11(7-9)15(20)21/h2-10,15-16H,1H3;1-4,6-7,16-17H,5H2. The van der Waals surface area contributed by atoms with Crippen LogP contribution in [0.2, 0.25) is 0 Å². The molecule has 4 N–H and O–H groups in total. The number of benzene rings is 4. The van der Waals surface area contributed by atoms with Crippen molar-refractivity contribution in [3.8, 4) is 23.0 Å². The SMILES string of the molecule is CC(c1ccc(O)cc1)c1ccc(O)cc1.O=[N+]([O-])c1cc(Cc2ccc(O)c([N+](=O)[O-])c2)ccc1O. The van der Waals surface area contributed by atoms with E-state index < -0.39 is 32.7 Å². The highest BCUT2D eigenvalue weighted by molar-refractivity contribution is 5.51. The second-order valence-corrected chi connectivity index (χ2v) is 8.24. The highest BCUT2D eigenvalue weighted by Gasteiger charge is 2.16. The molecule has 0 unspecified atom stereocenters. The normalized spacial score (nSPS) is 10.4. The van der Waals surface area contributed by atoms with Crippen molar-refractivity contribution in [2.45, 2.75) is 19.3 Å². The molecule has 0 fully saturated rings. The zero-order chi connectivity index (χ0) is 27.1. The maximum atomic E-state index is 10.7. The lowest BCUT2D eigenvalue weighted by molar-refractivity contribution is -0.386. The van der Waals surface area contributed by atoms with E-state index in [4.69, 9.17) is 0 Å². The van der Waals surface area contributed by atoms with Crippen LogP contribution in [0.25, 0.3) is 0 Å². The van der Waals surface area contributed by atoms with Crippen molar-refractivity contribution in [1.29, 1.82) is 0 Å². The summed E-state index contributed by atoms with van der Waals surface area (Å²) in [4.78, 5) is 20.1. The molecule has 0 saturated carbocycles. The Balaban J connectivity index is 0.000000213. The van der Waals surface area contributed by atoms with Crippen LogP contribution in [0, 0.1) is 20.2 Å². The number of rotatable bonds is 6. The Morgan fingerprint density at radius 3 is 1.30 bits per heavy atom. The van der Waals surface area contributed by atoms with Crippen molar-refractivity contribution in [3.63, 3.8) is 0 Å². The lowest BCUT2D eigenvalue weighted by atomic mass is 9.93. The van der Waals surface area contributed by atoms with Gasteiger partial charge in [0, 0.05) is 18.1 Å². The number of phenols is 4. The molecule has 4 aromatic rings. The van der Waals surface area contributed by atoms with Gasteiger partial charge in [0.15, 0.2) is 11.5 Å². The minimum absolute atomic E-state index is 0.197. The van der Waals surface area contributed by atoms with Crippen LogP contribution in [0.1, 0.15) is 35.1 Å². The average Bonchev–Trinajstić information content (AvgIpc) is 2.87. The fraction of sp³-hybridized carbons (Fsp3) is 0.111. The van der Waals surface area contributed by atoms with E-state index >= 15 is 0 Å². The molecule has 0 spiro atoms. The molecule has 4 rings (SSSR count). The van der Waals surface area contributed by atoms with Gasteiger partial charge in [-0.15, -0.1) is 0 Å². The van der Waals surface area contributed by atoms with E-state index in [9.17, 15) is 40.7 Å². The molecule has 0 aliphatic heterocycles. The zero-order valence-electron chi connectivity index (χ0n) is 19.7. The molecule has 0 aliphatic rings. The third-order valence-corrected chi connectivity index (χ3v) is 5.67. The van der Waals surface area contributed by atoms with Crippen molar-refractivity contribution in [2.24, 2.45) is 0 Å². The Labute approximate surface area is 211 Å². The van der Waals surface area contributed by atoms with Crippen LogP contribution in [-0.4, -0.2) is 30.3 Å². The number of aromatic hydroxyl groups is 4. The minimum Gasteiger partial charge on any atom is -0.508 e. The second-order valence-electron chi connectivity index (χ2n) is 8.24. The molecule has 10 nitrogen and oxygen atoms in total. The molecule has 0 aliphatic carbocycles. The molecule has 0 saturated heterocycles. The number of hydrogen-bond donors (Lipinski definition) is 4. The van der Waals surface area contributed by atoms with Crippen LogP contribution >= 0.6 is 0 Å². The van der Waals surface area contributed by atoms with Gasteiger partial charge in [0.1, 0.15) is 11.5 Å². The molecular formula is C27H24N2O8.